The molecule has 0 unspecified atom stereocenters. The van der Waals surface area contributed by atoms with E-state index in [2.05, 4.69) is 40.5 Å². The molecule has 6 nitrogen and oxygen atoms in total. The summed E-state index contributed by atoms with van der Waals surface area (Å²) in [5.41, 5.74) is 2.00. The van der Waals surface area contributed by atoms with Crippen LogP contribution in [0.3, 0.4) is 0 Å². The Bertz CT molecular complexity index is 688. The molecule has 0 amide bonds. The fraction of sp³-hybridized carbons (Fsp3) is 0.474. The third-order valence-electron chi connectivity index (χ3n) is 3.69. The standard InChI is InChI=1S/C19H28N4O2/c1-13(2)12-24-17-9-7-6-8-16(17)10-21-19(20-5)22-11-18-23-14(3)15(4)25-18/h6-9,13H,10-12H2,1-5H3,(H2,20,21,22). The molecule has 0 atom stereocenters. The summed E-state index contributed by atoms with van der Waals surface area (Å²) in [7, 11) is 1.74. The van der Waals surface area contributed by atoms with Crippen molar-refractivity contribution in [2.45, 2.75) is 40.8 Å². The van der Waals surface area contributed by atoms with Gasteiger partial charge in [0.1, 0.15) is 11.5 Å². The number of benzene rings is 1. The van der Waals surface area contributed by atoms with Crippen molar-refractivity contribution in [3.63, 3.8) is 0 Å². The van der Waals surface area contributed by atoms with Crippen molar-refractivity contribution in [2.75, 3.05) is 13.7 Å². The Hall–Kier alpha value is -2.50. The Balaban J connectivity index is 1.90. The lowest BCUT2D eigenvalue weighted by molar-refractivity contribution is 0.268. The zero-order valence-electron chi connectivity index (χ0n) is 15.7. The Morgan fingerprint density at radius 1 is 1.20 bits per heavy atom. The fourth-order valence-corrected chi connectivity index (χ4v) is 2.22. The Labute approximate surface area is 149 Å². The van der Waals surface area contributed by atoms with E-state index in [4.69, 9.17) is 9.15 Å². The smallest absolute Gasteiger partial charge is 0.214 e. The number of guanidine groups is 1. The number of ether oxygens (including phenoxy) is 1. The molecule has 1 heterocycles. The molecule has 1 aromatic heterocycles. The average molecular weight is 344 g/mol. The molecule has 0 spiro atoms. The molecule has 136 valence electrons. The molecule has 0 saturated carbocycles. The van der Waals surface area contributed by atoms with E-state index >= 15 is 0 Å². The minimum absolute atomic E-state index is 0.486. The van der Waals surface area contributed by atoms with E-state index in [0.717, 1.165) is 22.8 Å². The number of nitrogens with one attached hydrogen (secondary N) is 2. The van der Waals surface area contributed by atoms with Gasteiger partial charge in [-0.1, -0.05) is 32.0 Å². The molecule has 1 aromatic carbocycles. The molecule has 0 aliphatic heterocycles. The minimum Gasteiger partial charge on any atom is -0.493 e. The number of aryl methyl sites for hydroxylation is 2. The minimum atomic E-state index is 0.486. The van der Waals surface area contributed by atoms with E-state index in [-0.39, 0.29) is 0 Å². The number of para-hydroxylation sites is 1. The number of rotatable bonds is 7. The zero-order valence-corrected chi connectivity index (χ0v) is 15.7. The summed E-state index contributed by atoms with van der Waals surface area (Å²) < 4.78 is 11.5. The summed E-state index contributed by atoms with van der Waals surface area (Å²) in [6, 6.07) is 8.04. The maximum absolute atomic E-state index is 5.88. The first-order chi connectivity index (χ1) is 12.0. The number of aromatic nitrogens is 1. The van der Waals surface area contributed by atoms with Gasteiger partial charge in [-0.3, -0.25) is 4.99 Å². The van der Waals surface area contributed by atoms with Crippen molar-refractivity contribution in [3.8, 4) is 5.75 Å². The van der Waals surface area contributed by atoms with Crippen LogP contribution in [0.2, 0.25) is 0 Å². The van der Waals surface area contributed by atoms with Crippen LogP contribution in [0.25, 0.3) is 0 Å². The molecule has 0 radical (unpaired) electrons. The van der Waals surface area contributed by atoms with Gasteiger partial charge in [-0.25, -0.2) is 4.98 Å². The molecule has 2 aromatic rings. The Morgan fingerprint density at radius 2 is 1.92 bits per heavy atom. The van der Waals surface area contributed by atoms with Gasteiger partial charge in [-0.2, -0.15) is 0 Å². The van der Waals surface area contributed by atoms with Crippen molar-refractivity contribution in [1.29, 1.82) is 0 Å². The van der Waals surface area contributed by atoms with Crippen molar-refractivity contribution >= 4 is 5.96 Å². The molecular weight excluding hydrogens is 316 g/mol. The van der Waals surface area contributed by atoms with E-state index in [1.165, 1.54) is 0 Å². The van der Waals surface area contributed by atoms with Gasteiger partial charge >= 0.3 is 0 Å². The fourth-order valence-electron chi connectivity index (χ4n) is 2.22. The van der Waals surface area contributed by atoms with Crippen LogP contribution in [0.15, 0.2) is 33.7 Å². The molecule has 0 bridgehead atoms. The van der Waals surface area contributed by atoms with E-state index in [1.54, 1.807) is 7.05 Å². The highest BCUT2D eigenvalue weighted by Gasteiger charge is 2.08. The van der Waals surface area contributed by atoms with E-state index < -0.39 is 0 Å². The third kappa shape index (κ3) is 5.81. The lowest BCUT2D eigenvalue weighted by Gasteiger charge is -2.15. The highest BCUT2D eigenvalue weighted by Crippen LogP contribution is 2.18. The van der Waals surface area contributed by atoms with Crippen LogP contribution in [0, 0.1) is 19.8 Å². The number of hydrogen-bond donors (Lipinski definition) is 2. The topological polar surface area (TPSA) is 71.7 Å². The monoisotopic (exact) mass is 344 g/mol. The maximum atomic E-state index is 5.88. The van der Waals surface area contributed by atoms with Crippen LogP contribution in [0.4, 0.5) is 0 Å². The molecule has 2 N–H and O–H groups in total. The summed E-state index contributed by atoms with van der Waals surface area (Å²) in [4.78, 5) is 8.59. The maximum Gasteiger partial charge on any atom is 0.214 e. The molecule has 0 aliphatic rings. The second-order valence-corrected chi connectivity index (χ2v) is 6.34. The summed E-state index contributed by atoms with van der Waals surface area (Å²) in [6.07, 6.45) is 0. The van der Waals surface area contributed by atoms with Crippen LogP contribution in [0.1, 0.15) is 36.8 Å². The van der Waals surface area contributed by atoms with E-state index in [9.17, 15) is 0 Å². The van der Waals surface area contributed by atoms with Gasteiger partial charge in [0.2, 0.25) is 5.89 Å². The van der Waals surface area contributed by atoms with Crippen molar-refractivity contribution in [3.05, 3.63) is 47.2 Å². The predicted molar refractivity (Wildman–Crippen MR) is 99.8 cm³/mol. The molecule has 6 heteroatoms. The van der Waals surface area contributed by atoms with Crippen molar-refractivity contribution in [1.82, 2.24) is 15.6 Å². The first-order valence-electron chi connectivity index (χ1n) is 8.57. The second kappa shape index (κ2) is 9.11. The molecule has 0 fully saturated rings. The summed E-state index contributed by atoms with van der Waals surface area (Å²) in [5.74, 6) is 3.57. The highest BCUT2D eigenvalue weighted by molar-refractivity contribution is 5.79. The number of nitrogens with zero attached hydrogens (tertiary/aromatic N) is 2. The van der Waals surface area contributed by atoms with E-state index in [1.807, 2.05) is 32.0 Å². The number of aliphatic imine (C=N–C) groups is 1. The third-order valence-corrected chi connectivity index (χ3v) is 3.69. The van der Waals surface area contributed by atoms with Gasteiger partial charge in [0.15, 0.2) is 5.96 Å². The summed E-state index contributed by atoms with van der Waals surface area (Å²) in [5, 5.41) is 6.50. The quantitative estimate of drug-likeness (QED) is 0.596. The Morgan fingerprint density at radius 3 is 2.56 bits per heavy atom. The van der Waals surface area contributed by atoms with Crippen LogP contribution in [-0.4, -0.2) is 24.6 Å². The first-order valence-corrected chi connectivity index (χ1v) is 8.57. The van der Waals surface area contributed by atoms with Gasteiger partial charge in [-0.15, -0.1) is 0 Å². The molecule has 0 aliphatic carbocycles. The predicted octanol–water partition coefficient (Wildman–Crippen LogP) is 3.19. The average Bonchev–Trinajstić information content (AvgIpc) is 2.92. The molecule has 0 saturated heterocycles. The van der Waals surface area contributed by atoms with Gasteiger partial charge in [0, 0.05) is 19.2 Å². The van der Waals surface area contributed by atoms with Gasteiger partial charge in [0.05, 0.1) is 18.8 Å². The van der Waals surface area contributed by atoms with Crippen LogP contribution < -0.4 is 15.4 Å². The van der Waals surface area contributed by atoms with Crippen LogP contribution >= 0.6 is 0 Å². The SMILES string of the molecule is CN=C(NCc1nc(C)c(C)o1)NCc1ccccc1OCC(C)C. The molecule has 2 rings (SSSR count). The largest absolute Gasteiger partial charge is 0.493 e. The number of hydrogen-bond acceptors (Lipinski definition) is 4. The highest BCUT2D eigenvalue weighted by atomic mass is 16.5. The zero-order chi connectivity index (χ0) is 18.2. The molecule has 25 heavy (non-hydrogen) atoms. The van der Waals surface area contributed by atoms with Gasteiger partial charge < -0.3 is 19.8 Å². The molecular formula is C19H28N4O2. The number of oxazole rings is 1. The first kappa shape index (κ1) is 18.8. The van der Waals surface area contributed by atoms with Crippen LogP contribution in [0.5, 0.6) is 5.75 Å². The van der Waals surface area contributed by atoms with Gasteiger partial charge in [-0.05, 0) is 25.8 Å². The van der Waals surface area contributed by atoms with E-state index in [0.29, 0.717) is 37.5 Å². The van der Waals surface area contributed by atoms with Crippen molar-refractivity contribution in [2.24, 2.45) is 10.9 Å². The summed E-state index contributed by atoms with van der Waals surface area (Å²) >= 11 is 0. The Kier molecular flexibility index (Phi) is 6.86. The normalized spacial score (nSPS) is 11.7. The lowest BCUT2D eigenvalue weighted by Crippen LogP contribution is -2.36. The van der Waals surface area contributed by atoms with Crippen LogP contribution in [-0.2, 0) is 13.1 Å². The second-order valence-electron chi connectivity index (χ2n) is 6.34. The lowest BCUT2D eigenvalue weighted by atomic mass is 10.2. The van der Waals surface area contributed by atoms with Gasteiger partial charge in [0.25, 0.3) is 0 Å². The van der Waals surface area contributed by atoms with Crippen molar-refractivity contribution < 1.29 is 9.15 Å². The summed E-state index contributed by atoms with van der Waals surface area (Å²) in [6.45, 7) is 9.93.